The summed E-state index contributed by atoms with van der Waals surface area (Å²) >= 11 is 2.38. The number of halogens is 1. The zero-order valence-electron chi connectivity index (χ0n) is 24.5. The number of methoxy groups -OCH3 is 1. The van der Waals surface area contributed by atoms with Crippen molar-refractivity contribution in [1.29, 1.82) is 0 Å². The van der Waals surface area contributed by atoms with Crippen LogP contribution >= 0.6 is 22.6 Å². The third-order valence-corrected chi connectivity index (χ3v) is 13.0. The summed E-state index contributed by atoms with van der Waals surface area (Å²) in [6.07, 6.45) is 4.99. The van der Waals surface area contributed by atoms with E-state index < -0.39 is 26.9 Å². The fraction of sp³-hybridized carbons (Fsp3) is 0.621. The van der Waals surface area contributed by atoms with Gasteiger partial charge in [0.15, 0.2) is 32.3 Å². The Hall–Kier alpha value is -1.76. The Labute approximate surface area is 248 Å². The summed E-state index contributed by atoms with van der Waals surface area (Å²) in [6, 6.07) is 3.24. The van der Waals surface area contributed by atoms with Gasteiger partial charge in [-0.25, -0.2) is 9.69 Å². The van der Waals surface area contributed by atoms with E-state index in [1.807, 2.05) is 18.0 Å². The molecule has 3 rings (SSSR count). The average Bonchev–Trinajstić information content (AvgIpc) is 3.23. The molecule has 1 N–H and O–H groups in total. The number of unbranched alkanes of at least 4 members (excludes halogenated alkanes) is 2. The number of hydrogen-bond donors (Lipinski definition) is 1. The minimum atomic E-state index is -2.38. The molecule has 0 fully saturated rings. The van der Waals surface area contributed by atoms with Gasteiger partial charge in [0.25, 0.3) is 0 Å². The predicted octanol–water partition coefficient (Wildman–Crippen LogP) is 7.14. The number of carbonyl (C=O) groups excluding carboxylic acids is 1. The van der Waals surface area contributed by atoms with Crippen molar-refractivity contribution >= 4 is 42.7 Å². The molecule has 1 aromatic rings. The molecule has 3 atom stereocenters. The maximum absolute atomic E-state index is 13.8. The zero-order chi connectivity index (χ0) is 29.0. The summed E-state index contributed by atoms with van der Waals surface area (Å²) < 4.78 is 25.6. The molecule has 8 nitrogen and oxygen atoms in total. The number of benzene rings is 1. The molecular weight excluding hydrogens is 627 g/mol. The van der Waals surface area contributed by atoms with Crippen LogP contribution in [0.4, 0.5) is 10.5 Å². The number of ether oxygens (including phenoxy) is 3. The van der Waals surface area contributed by atoms with Crippen molar-refractivity contribution in [1.82, 2.24) is 4.90 Å². The van der Waals surface area contributed by atoms with E-state index in [-0.39, 0.29) is 17.7 Å². The molecule has 2 heterocycles. The second-order valence-corrected chi connectivity index (χ2v) is 17.6. The van der Waals surface area contributed by atoms with Gasteiger partial charge in [-0.3, -0.25) is 0 Å². The third-order valence-electron chi connectivity index (χ3n) is 7.78. The summed E-state index contributed by atoms with van der Waals surface area (Å²) in [7, 11) is -0.802. The van der Waals surface area contributed by atoms with Gasteiger partial charge in [-0.1, -0.05) is 61.6 Å². The van der Waals surface area contributed by atoms with E-state index >= 15 is 0 Å². The Morgan fingerprint density at radius 1 is 1.23 bits per heavy atom. The lowest BCUT2D eigenvalue weighted by Crippen LogP contribution is -2.57. The zero-order valence-corrected chi connectivity index (χ0v) is 27.6. The van der Waals surface area contributed by atoms with Gasteiger partial charge in [-0.2, -0.15) is 0 Å². The molecule has 218 valence electrons. The summed E-state index contributed by atoms with van der Waals surface area (Å²) in [5, 5.41) is 11.6. The van der Waals surface area contributed by atoms with E-state index in [0.29, 0.717) is 35.8 Å². The van der Waals surface area contributed by atoms with Crippen LogP contribution in [-0.2, 0) is 9.16 Å². The van der Waals surface area contributed by atoms with E-state index in [1.165, 1.54) is 0 Å². The number of aliphatic hydroxyl groups is 1. The van der Waals surface area contributed by atoms with Crippen molar-refractivity contribution in [3.63, 3.8) is 0 Å². The molecule has 2 aliphatic heterocycles. The lowest BCUT2D eigenvalue weighted by molar-refractivity contribution is -0.0148. The van der Waals surface area contributed by atoms with Crippen LogP contribution in [0, 0.1) is 0 Å². The van der Waals surface area contributed by atoms with Crippen LogP contribution in [0.3, 0.4) is 0 Å². The number of carbonyl (C=O) groups is 1. The molecule has 0 radical (unpaired) electrons. The van der Waals surface area contributed by atoms with E-state index in [1.54, 1.807) is 30.2 Å². The molecule has 1 aromatic carbocycles. The maximum Gasteiger partial charge on any atom is 0.416 e. The molecule has 0 bridgehead atoms. The maximum atomic E-state index is 13.8. The molecule has 2 unspecified atom stereocenters. The molecule has 0 spiro atoms. The molecule has 2 aliphatic rings. The Morgan fingerprint density at radius 3 is 2.56 bits per heavy atom. The smallest absolute Gasteiger partial charge is 0.416 e. The van der Waals surface area contributed by atoms with Crippen molar-refractivity contribution in [3.8, 4) is 11.5 Å². The van der Waals surface area contributed by atoms with Crippen LogP contribution in [0.2, 0.25) is 18.1 Å². The average molecular weight is 673 g/mol. The topological polar surface area (TPSA) is 80.7 Å². The summed E-state index contributed by atoms with van der Waals surface area (Å²) in [4.78, 5) is 17.3. The van der Waals surface area contributed by atoms with Gasteiger partial charge in [0.05, 0.1) is 25.4 Å². The molecule has 39 heavy (non-hydrogen) atoms. The highest BCUT2D eigenvalue weighted by Gasteiger charge is 2.50. The monoisotopic (exact) mass is 672 g/mol. The first-order chi connectivity index (χ1) is 18.4. The number of amides is 1. The van der Waals surface area contributed by atoms with Crippen LogP contribution in [0.5, 0.6) is 11.5 Å². The lowest BCUT2D eigenvalue weighted by Gasteiger charge is -2.44. The van der Waals surface area contributed by atoms with Crippen molar-refractivity contribution < 1.29 is 28.5 Å². The summed E-state index contributed by atoms with van der Waals surface area (Å²) in [6.45, 7) is 17.2. The minimum Gasteiger partial charge on any atom is -0.493 e. The Balaban J connectivity index is 2.17. The number of aliphatic hydroxyl groups excluding tert-OH is 1. The van der Waals surface area contributed by atoms with Crippen LogP contribution in [-0.4, -0.2) is 61.4 Å². The molecule has 1 amide bonds. The van der Waals surface area contributed by atoms with Crippen LogP contribution in [0.1, 0.15) is 65.2 Å². The number of hydrogen-bond acceptors (Lipinski definition) is 7. The summed E-state index contributed by atoms with van der Waals surface area (Å²) in [5.41, 5.74) is 2.12. The van der Waals surface area contributed by atoms with Crippen molar-refractivity contribution in [2.75, 3.05) is 29.7 Å². The van der Waals surface area contributed by atoms with Gasteiger partial charge in [-0.15, -0.1) is 0 Å². The molecule has 0 saturated carbocycles. The van der Waals surface area contributed by atoms with Crippen molar-refractivity contribution in [3.05, 3.63) is 42.1 Å². The summed E-state index contributed by atoms with van der Waals surface area (Å²) in [5.74, 6) is 1.01. The molecule has 0 aromatic heterocycles. The standard InChI is InChI=1S/C29H45IN2O6Si/c1-9-14-37-28(34)32-22-18-25(36-15-12-10-11-13-30)24(35-6)17-21(22)26(33)31-19-20(2)16-23(31)27(32)38-39(7,8)29(3,4)5/h9,17-19,23,26-27,33H,1,10-16H2,2-8H3/t23-,26?,27?/m0/s1. The first-order valence-electron chi connectivity index (χ1n) is 13.6. The minimum absolute atomic E-state index is 0.0576. The Kier molecular flexibility index (Phi) is 10.8. The van der Waals surface area contributed by atoms with Gasteiger partial charge < -0.3 is 28.6 Å². The molecule has 0 saturated heterocycles. The fourth-order valence-corrected chi connectivity index (χ4v) is 6.39. The molecule has 10 heteroatoms. The van der Waals surface area contributed by atoms with Crippen LogP contribution < -0.4 is 14.4 Å². The van der Waals surface area contributed by atoms with Crippen LogP contribution in [0.15, 0.2) is 36.6 Å². The fourth-order valence-electron chi connectivity index (χ4n) is 4.63. The lowest BCUT2D eigenvalue weighted by atomic mass is 10.1. The Bertz CT molecular complexity index is 1060. The normalized spacial score (nSPS) is 21.1. The first kappa shape index (κ1) is 31.8. The molecule has 0 aliphatic carbocycles. The largest absolute Gasteiger partial charge is 0.493 e. The van der Waals surface area contributed by atoms with E-state index in [4.69, 9.17) is 18.6 Å². The van der Waals surface area contributed by atoms with Gasteiger partial charge in [0, 0.05) is 17.8 Å². The number of anilines is 1. The second-order valence-electron chi connectivity index (χ2n) is 11.7. The number of rotatable bonds is 11. The second kappa shape index (κ2) is 13.3. The van der Waals surface area contributed by atoms with Crippen LogP contribution in [0.25, 0.3) is 0 Å². The van der Waals surface area contributed by atoms with Gasteiger partial charge in [0.1, 0.15) is 6.61 Å². The van der Waals surface area contributed by atoms with E-state index in [0.717, 1.165) is 29.3 Å². The van der Waals surface area contributed by atoms with Gasteiger partial charge in [0.2, 0.25) is 0 Å². The SMILES string of the molecule is C=CCOC(=O)N1c2cc(OCCCCCI)c(OC)cc2C(O)N2C=C(C)C[C@H]2C1O[Si](C)(C)C(C)(C)C. The van der Waals surface area contributed by atoms with E-state index in [2.05, 4.69) is 63.0 Å². The third kappa shape index (κ3) is 7.12. The van der Waals surface area contributed by atoms with Crippen molar-refractivity contribution in [2.24, 2.45) is 0 Å². The highest BCUT2D eigenvalue weighted by atomic mass is 127. The highest BCUT2D eigenvalue weighted by Crippen LogP contribution is 2.48. The highest BCUT2D eigenvalue weighted by molar-refractivity contribution is 14.1. The number of nitrogens with zero attached hydrogens (tertiary/aromatic N) is 2. The number of fused-ring (bicyclic) bond motifs is 2. The van der Waals surface area contributed by atoms with E-state index in [9.17, 15) is 9.90 Å². The first-order valence-corrected chi connectivity index (χ1v) is 18.1. The van der Waals surface area contributed by atoms with Gasteiger partial charge in [-0.05, 0) is 61.2 Å². The Morgan fingerprint density at radius 2 is 1.95 bits per heavy atom. The molecular formula is C29H45IN2O6Si. The number of alkyl halides is 1. The predicted molar refractivity (Wildman–Crippen MR) is 166 cm³/mol. The quantitative estimate of drug-likeness (QED) is 0.0881. The van der Waals surface area contributed by atoms with Crippen molar-refractivity contribution in [2.45, 2.75) is 90.0 Å². The van der Waals surface area contributed by atoms with Gasteiger partial charge >= 0.3 is 6.09 Å².